The summed E-state index contributed by atoms with van der Waals surface area (Å²) in [6.45, 7) is 6.13. The normalized spacial score (nSPS) is 23.7. The molecule has 1 atom stereocenters. The third-order valence-corrected chi connectivity index (χ3v) is 5.30. The Morgan fingerprint density at radius 2 is 2.15 bits per heavy atom. The van der Waals surface area contributed by atoms with Gasteiger partial charge in [-0.2, -0.15) is 0 Å². The average Bonchev–Trinajstić information content (AvgIpc) is 3.10. The number of rotatable bonds is 4. The van der Waals surface area contributed by atoms with E-state index in [0.29, 0.717) is 36.3 Å². The Kier molecular flexibility index (Phi) is 5.29. The van der Waals surface area contributed by atoms with Crippen molar-refractivity contribution >= 4 is 27.8 Å². The lowest BCUT2D eigenvalue weighted by molar-refractivity contribution is -0.486. The molecule has 3 rings (SSSR count). The molecule has 1 unspecified atom stereocenters. The Morgan fingerprint density at radius 1 is 1.42 bits per heavy atom. The molecule has 8 nitrogen and oxygen atoms in total. The third kappa shape index (κ3) is 4.04. The molecule has 1 aromatic rings. The Hall–Kier alpha value is -2.00. The van der Waals surface area contributed by atoms with Crippen molar-refractivity contribution < 1.29 is 14.6 Å². The molecule has 26 heavy (non-hydrogen) atoms. The first kappa shape index (κ1) is 18.8. The Labute approximate surface area is 160 Å². The van der Waals surface area contributed by atoms with Crippen LogP contribution in [-0.4, -0.2) is 58.5 Å². The summed E-state index contributed by atoms with van der Waals surface area (Å²) < 4.78 is 6.40. The van der Waals surface area contributed by atoms with Gasteiger partial charge in [-0.15, -0.1) is 0 Å². The minimum absolute atomic E-state index is 0.0976. The van der Waals surface area contributed by atoms with Crippen LogP contribution >= 0.6 is 15.9 Å². The number of nitro groups is 1. The van der Waals surface area contributed by atoms with Gasteiger partial charge in [-0.1, -0.05) is 12.1 Å². The first-order valence-electron chi connectivity index (χ1n) is 8.45. The zero-order valence-corrected chi connectivity index (χ0v) is 16.3. The van der Waals surface area contributed by atoms with Crippen molar-refractivity contribution in [3.05, 3.63) is 44.4 Å². The fraction of sp³-hybridized carbons (Fsp3) is 0.529. The van der Waals surface area contributed by atoms with Crippen molar-refractivity contribution in [3.63, 3.8) is 0 Å². The molecular weight excluding hydrogens is 404 g/mol. The topological polar surface area (TPSA) is 88.3 Å². The molecule has 0 radical (unpaired) electrons. The fourth-order valence-electron chi connectivity index (χ4n) is 3.51. The van der Waals surface area contributed by atoms with Gasteiger partial charge in [-0.05, 0) is 48.3 Å². The number of ether oxygens (including phenoxy) is 1. The summed E-state index contributed by atoms with van der Waals surface area (Å²) in [7, 11) is 0. The van der Waals surface area contributed by atoms with E-state index >= 15 is 0 Å². The molecule has 2 saturated heterocycles. The molecule has 140 valence electrons. The van der Waals surface area contributed by atoms with E-state index in [1.54, 1.807) is 18.2 Å². The molecule has 2 aliphatic rings. The lowest BCUT2D eigenvalue weighted by atomic mass is 9.97. The average molecular weight is 425 g/mol. The van der Waals surface area contributed by atoms with Gasteiger partial charge in [0.1, 0.15) is 5.10 Å². The van der Waals surface area contributed by atoms with Gasteiger partial charge in [-0.25, -0.2) is 10.1 Å². The van der Waals surface area contributed by atoms with Gasteiger partial charge in [0, 0.05) is 30.0 Å². The van der Waals surface area contributed by atoms with Gasteiger partial charge in [0.2, 0.25) is 0 Å². The molecule has 2 fully saturated rings. The number of benzene rings is 1. The van der Waals surface area contributed by atoms with Crippen LogP contribution in [0.5, 0.6) is 0 Å². The zero-order valence-electron chi connectivity index (χ0n) is 14.7. The van der Waals surface area contributed by atoms with Gasteiger partial charge < -0.3 is 9.64 Å². The molecule has 2 aliphatic heterocycles. The minimum Gasteiger partial charge on any atom is -0.375 e. The molecule has 0 aliphatic carbocycles. The number of nitrogens with zero attached hydrogens (tertiary/aromatic N) is 4. The van der Waals surface area contributed by atoms with Crippen LogP contribution in [0.15, 0.2) is 33.8 Å². The minimum atomic E-state index is -0.747. The SMILES string of the molecule is CC1(C)CC(CN2CCN(C(=O)c3ccccc3Br)C2=N[N+](=O)[O-])CO1. The van der Waals surface area contributed by atoms with E-state index in [1.165, 1.54) is 4.90 Å². The zero-order chi connectivity index (χ0) is 18.9. The van der Waals surface area contributed by atoms with Gasteiger partial charge in [-0.3, -0.25) is 9.69 Å². The lowest BCUT2D eigenvalue weighted by Crippen LogP contribution is -2.40. The summed E-state index contributed by atoms with van der Waals surface area (Å²) in [4.78, 5) is 27.1. The maximum Gasteiger partial charge on any atom is 0.281 e. The van der Waals surface area contributed by atoms with E-state index in [4.69, 9.17) is 4.74 Å². The fourth-order valence-corrected chi connectivity index (χ4v) is 3.97. The van der Waals surface area contributed by atoms with Crippen molar-refractivity contribution in [2.24, 2.45) is 11.0 Å². The number of guanidine groups is 1. The van der Waals surface area contributed by atoms with Crippen LogP contribution in [0.2, 0.25) is 0 Å². The number of hydrogen-bond acceptors (Lipinski definition) is 4. The highest BCUT2D eigenvalue weighted by Gasteiger charge is 2.39. The molecule has 0 saturated carbocycles. The maximum absolute atomic E-state index is 12.9. The Balaban J connectivity index is 1.80. The van der Waals surface area contributed by atoms with Crippen LogP contribution in [0.1, 0.15) is 30.6 Å². The Bertz CT molecular complexity index is 752. The second-order valence-electron chi connectivity index (χ2n) is 7.16. The van der Waals surface area contributed by atoms with E-state index in [2.05, 4.69) is 21.0 Å². The predicted octanol–water partition coefficient (Wildman–Crippen LogP) is 2.57. The monoisotopic (exact) mass is 424 g/mol. The van der Waals surface area contributed by atoms with Gasteiger partial charge in [0.05, 0.1) is 17.8 Å². The third-order valence-electron chi connectivity index (χ3n) is 4.61. The predicted molar refractivity (Wildman–Crippen MR) is 99.3 cm³/mol. The van der Waals surface area contributed by atoms with Crippen LogP contribution in [-0.2, 0) is 4.74 Å². The highest BCUT2D eigenvalue weighted by molar-refractivity contribution is 9.10. The standard InChI is InChI=1S/C17H21BrN4O4/c1-17(2)9-12(11-26-17)10-20-7-8-21(16(20)19-22(24)25)15(23)13-5-3-4-6-14(13)18/h3-6,12H,7-11H2,1-2H3. The molecule has 1 amide bonds. The Morgan fingerprint density at radius 3 is 2.77 bits per heavy atom. The van der Waals surface area contributed by atoms with Gasteiger partial charge >= 0.3 is 0 Å². The van der Waals surface area contributed by atoms with Crippen molar-refractivity contribution in [2.45, 2.75) is 25.9 Å². The van der Waals surface area contributed by atoms with E-state index < -0.39 is 5.03 Å². The number of amides is 1. The second kappa shape index (κ2) is 7.32. The van der Waals surface area contributed by atoms with Crippen molar-refractivity contribution in [1.29, 1.82) is 0 Å². The van der Waals surface area contributed by atoms with Crippen LogP contribution in [0, 0.1) is 16.0 Å². The molecule has 2 heterocycles. The first-order valence-corrected chi connectivity index (χ1v) is 9.24. The summed E-state index contributed by atoms with van der Waals surface area (Å²) in [5, 5.41) is 13.8. The van der Waals surface area contributed by atoms with E-state index in [9.17, 15) is 14.9 Å². The largest absolute Gasteiger partial charge is 0.375 e. The highest BCUT2D eigenvalue weighted by Crippen LogP contribution is 2.30. The molecular formula is C17H21BrN4O4. The first-order chi connectivity index (χ1) is 12.3. The van der Waals surface area contributed by atoms with Gasteiger partial charge in [0.25, 0.3) is 11.9 Å². The highest BCUT2D eigenvalue weighted by atomic mass is 79.9. The lowest BCUT2D eigenvalue weighted by Gasteiger charge is -2.22. The maximum atomic E-state index is 12.9. The van der Waals surface area contributed by atoms with Crippen LogP contribution in [0.25, 0.3) is 0 Å². The number of carbonyl (C=O) groups excluding carboxylic acids is 1. The summed E-state index contributed by atoms with van der Waals surface area (Å²) in [6.07, 6.45) is 0.868. The molecule has 0 bridgehead atoms. The van der Waals surface area contributed by atoms with E-state index in [-0.39, 0.29) is 23.4 Å². The van der Waals surface area contributed by atoms with Crippen molar-refractivity contribution in [3.8, 4) is 0 Å². The molecule has 0 aromatic heterocycles. The molecule has 9 heteroatoms. The second-order valence-corrected chi connectivity index (χ2v) is 8.02. The molecule has 0 spiro atoms. The molecule has 0 N–H and O–H groups in total. The van der Waals surface area contributed by atoms with Crippen LogP contribution in [0.3, 0.4) is 0 Å². The van der Waals surface area contributed by atoms with Crippen LogP contribution < -0.4 is 0 Å². The smallest absolute Gasteiger partial charge is 0.281 e. The van der Waals surface area contributed by atoms with Crippen LogP contribution in [0.4, 0.5) is 0 Å². The summed E-state index contributed by atoms with van der Waals surface area (Å²) in [5.41, 5.74) is 0.269. The number of halogens is 1. The number of carbonyl (C=O) groups is 1. The van der Waals surface area contributed by atoms with Gasteiger partial charge in [0.15, 0.2) is 5.03 Å². The number of hydrogen-bond donors (Lipinski definition) is 0. The quantitative estimate of drug-likeness (QED) is 0.547. The van der Waals surface area contributed by atoms with Crippen molar-refractivity contribution in [1.82, 2.24) is 9.80 Å². The van der Waals surface area contributed by atoms with Crippen molar-refractivity contribution in [2.75, 3.05) is 26.2 Å². The molecule has 1 aromatic carbocycles. The summed E-state index contributed by atoms with van der Waals surface area (Å²) in [5.74, 6) is 0.0458. The number of hydrazone groups is 1. The summed E-state index contributed by atoms with van der Waals surface area (Å²) in [6, 6.07) is 7.02. The van der Waals surface area contributed by atoms with E-state index in [1.807, 2.05) is 24.8 Å². The van der Waals surface area contributed by atoms with E-state index in [0.717, 1.165) is 6.42 Å². The summed E-state index contributed by atoms with van der Waals surface area (Å²) >= 11 is 3.36.